The van der Waals surface area contributed by atoms with Gasteiger partial charge in [-0.05, 0) is 18.2 Å². The van der Waals surface area contributed by atoms with Crippen molar-refractivity contribution in [3.8, 4) is 0 Å². The molecule has 0 unspecified atom stereocenters. The number of ketones is 1. The Morgan fingerprint density at radius 1 is 0.947 bits per heavy atom. The number of benzene rings is 1. The number of aromatic carboxylic acids is 1. The van der Waals surface area contributed by atoms with Crippen LogP contribution in [0.1, 0.15) is 20.7 Å². The first-order valence-electron chi connectivity index (χ1n) is 5.10. The van der Waals surface area contributed by atoms with Crippen LogP contribution >= 0.6 is 0 Å². The molecule has 0 aromatic heterocycles. The molecule has 0 saturated carbocycles. The van der Waals surface area contributed by atoms with Gasteiger partial charge in [-0.25, -0.2) is 9.59 Å². The Kier molecular flexibility index (Phi) is 4.59. The van der Waals surface area contributed by atoms with Gasteiger partial charge in [0, 0.05) is 5.56 Å². The Morgan fingerprint density at radius 2 is 1.53 bits per heavy atom. The fourth-order valence-electron chi connectivity index (χ4n) is 1.27. The lowest BCUT2D eigenvalue weighted by Gasteiger charge is -2.00. The van der Waals surface area contributed by atoms with Crippen LogP contribution in [-0.4, -0.2) is 33.0 Å². The predicted octanol–water partition coefficient (Wildman–Crippen LogP) is 1.65. The second kappa shape index (κ2) is 6.15. The summed E-state index contributed by atoms with van der Waals surface area (Å²) in [5.74, 6) is -4.28. The van der Waals surface area contributed by atoms with E-state index in [2.05, 4.69) is 0 Å². The second-order valence-electron chi connectivity index (χ2n) is 3.43. The van der Waals surface area contributed by atoms with Crippen LogP contribution in [0.4, 0.5) is 0 Å². The highest BCUT2D eigenvalue weighted by Gasteiger charge is 2.13. The summed E-state index contributed by atoms with van der Waals surface area (Å²) in [6.07, 6.45) is 2.83. The van der Waals surface area contributed by atoms with Gasteiger partial charge in [0.15, 0.2) is 5.78 Å². The fourth-order valence-corrected chi connectivity index (χ4v) is 1.27. The van der Waals surface area contributed by atoms with Crippen LogP contribution in [0.2, 0.25) is 0 Å². The maximum atomic E-state index is 11.7. The van der Waals surface area contributed by atoms with Crippen molar-refractivity contribution in [2.75, 3.05) is 0 Å². The van der Waals surface area contributed by atoms with Crippen molar-refractivity contribution in [1.82, 2.24) is 0 Å². The Morgan fingerprint density at radius 3 is 2.05 bits per heavy atom. The molecule has 98 valence electrons. The summed E-state index contributed by atoms with van der Waals surface area (Å²) in [5.41, 5.74) is -0.168. The first kappa shape index (κ1) is 14.2. The van der Waals surface area contributed by atoms with Crippen LogP contribution < -0.4 is 0 Å². The number of allylic oxidation sites excluding steroid dienone is 3. The number of rotatable bonds is 5. The largest absolute Gasteiger partial charge is 0.502 e. The summed E-state index contributed by atoms with van der Waals surface area (Å²) in [7, 11) is 0. The first-order chi connectivity index (χ1) is 8.93. The predicted molar refractivity (Wildman–Crippen MR) is 65.2 cm³/mol. The van der Waals surface area contributed by atoms with Crippen LogP contribution in [0.3, 0.4) is 0 Å². The molecule has 0 aliphatic rings. The van der Waals surface area contributed by atoms with Crippen LogP contribution in [0.15, 0.2) is 48.3 Å². The van der Waals surface area contributed by atoms with E-state index < -0.39 is 23.5 Å². The van der Waals surface area contributed by atoms with Gasteiger partial charge in [-0.1, -0.05) is 24.3 Å². The van der Waals surface area contributed by atoms with Gasteiger partial charge in [0.05, 0.1) is 5.56 Å². The molecule has 0 amide bonds. The van der Waals surface area contributed by atoms with Crippen molar-refractivity contribution in [1.29, 1.82) is 0 Å². The summed E-state index contributed by atoms with van der Waals surface area (Å²) >= 11 is 0. The van der Waals surface area contributed by atoms with Crippen molar-refractivity contribution < 1.29 is 29.7 Å². The maximum Gasteiger partial charge on any atom is 0.370 e. The zero-order chi connectivity index (χ0) is 14.4. The molecule has 3 N–H and O–H groups in total. The highest BCUT2D eigenvalue weighted by molar-refractivity contribution is 6.11. The zero-order valence-corrected chi connectivity index (χ0v) is 9.61. The number of carboxylic acid groups (broad SMARTS) is 2. The average Bonchev–Trinajstić information content (AvgIpc) is 2.38. The summed E-state index contributed by atoms with van der Waals surface area (Å²) in [4.78, 5) is 32.9. The molecule has 0 atom stereocenters. The highest BCUT2D eigenvalue weighted by Crippen LogP contribution is 2.10. The summed E-state index contributed by atoms with van der Waals surface area (Å²) in [6, 6.07) is 5.63. The Labute approximate surface area is 107 Å². The van der Waals surface area contributed by atoms with Gasteiger partial charge in [0.1, 0.15) is 0 Å². The number of carbonyl (C=O) groups excluding carboxylic acids is 1. The van der Waals surface area contributed by atoms with Gasteiger partial charge in [0.2, 0.25) is 5.76 Å². The van der Waals surface area contributed by atoms with E-state index in [-0.39, 0.29) is 11.1 Å². The third-order valence-electron chi connectivity index (χ3n) is 2.14. The van der Waals surface area contributed by atoms with Crippen LogP contribution in [0.25, 0.3) is 0 Å². The van der Waals surface area contributed by atoms with Gasteiger partial charge >= 0.3 is 11.9 Å². The van der Waals surface area contributed by atoms with Crippen molar-refractivity contribution in [3.05, 3.63) is 59.4 Å². The minimum Gasteiger partial charge on any atom is -0.502 e. The van der Waals surface area contributed by atoms with Crippen LogP contribution in [-0.2, 0) is 4.79 Å². The molecule has 0 radical (unpaired) electrons. The van der Waals surface area contributed by atoms with E-state index in [1.807, 2.05) is 0 Å². The van der Waals surface area contributed by atoms with E-state index in [9.17, 15) is 14.4 Å². The monoisotopic (exact) mass is 262 g/mol. The first-order valence-corrected chi connectivity index (χ1v) is 5.10. The lowest BCUT2D eigenvalue weighted by atomic mass is 10.0. The third kappa shape index (κ3) is 3.81. The normalized spacial score (nSPS) is 11.5. The Hall–Kier alpha value is -2.89. The zero-order valence-electron chi connectivity index (χ0n) is 9.61. The van der Waals surface area contributed by atoms with E-state index in [1.54, 1.807) is 0 Å². The lowest BCUT2D eigenvalue weighted by Crippen LogP contribution is -2.06. The molecule has 0 saturated heterocycles. The van der Waals surface area contributed by atoms with E-state index in [0.717, 1.165) is 18.2 Å². The fraction of sp³-hybridized carbons (Fsp3) is 0. The van der Waals surface area contributed by atoms with E-state index in [1.165, 1.54) is 24.3 Å². The smallest absolute Gasteiger partial charge is 0.370 e. The number of carbonyl (C=O) groups is 3. The topological polar surface area (TPSA) is 112 Å². The second-order valence-corrected chi connectivity index (χ2v) is 3.43. The standard InChI is InChI=1S/C13H10O6/c14-10(6-3-7-11(15)13(18)19)8-4-1-2-5-9(8)12(16)17/h1-7,15H,(H,16,17)(H,18,19). The number of hydrogen-bond acceptors (Lipinski definition) is 4. The molecule has 0 aliphatic heterocycles. The third-order valence-corrected chi connectivity index (χ3v) is 2.14. The minimum absolute atomic E-state index is 0.0190. The molecular formula is C13H10O6. The highest BCUT2D eigenvalue weighted by atomic mass is 16.4. The summed E-state index contributed by atoms with van der Waals surface area (Å²) in [5, 5.41) is 26.1. The molecule has 19 heavy (non-hydrogen) atoms. The molecule has 0 spiro atoms. The number of hydrogen-bond donors (Lipinski definition) is 3. The maximum absolute atomic E-state index is 11.7. The lowest BCUT2D eigenvalue weighted by molar-refractivity contribution is -0.135. The Balaban J connectivity index is 2.97. The number of aliphatic carboxylic acids is 1. The summed E-state index contributed by atoms with van der Waals surface area (Å²) < 4.78 is 0. The van der Waals surface area contributed by atoms with Crippen molar-refractivity contribution in [2.24, 2.45) is 0 Å². The number of aliphatic hydroxyl groups is 1. The molecule has 0 fully saturated rings. The molecule has 6 nitrogen and oxygen atoms in total. The summed E-state index contributed by atoms with van der Waals surface area (Å²) in [6.45, 7) is 0. The molecular weight excluding hydrogens is 252 g/mol. The molecule has 1 aromatic rings. The van der Waals surface area contributed by atoms with E-state index in [0.29, 0.717) is 0 Å². The molecule has 0 aliphatic carbocycles. The number of aliphatic hydroxyl groups excluding tert-OH is 1. The van der Waals surface area contributed by atoms with Gasteiger partial charge < -0.3 is 15.3 Å². The van der Waals surface area contributed by atoms with Gasteiger partial charge in [-0.3, -0.25) is 4.79 Å². The quantitative estimate of drug-likeness (QED) is 0.322. The van der Waals surface area contributed by atoms with Crippen molar-refractivity contribution in [2.45, 2.75) is 0 Å². The van der Waals surface area contributed by atoms with Crippen molar-refractivity contribution >= 4 is 17.7 Å². The van der Waals surface area contributed by atoms with Crippen LogP contribution in [0, 0.1) is 0 Å². The number of carboxylic acids is 2. The molecule has 0 bridgehead atoms. The Bertz CT molecular complexity index is 583. The van der Waals surface area contributed by atoms with Gasteiger partial charge in [0.25, 0.3) is 0 Å². The SMILES string of the molecule is O=C(O)C(O)=CC=CC(=O)c1ccccc1C(=O)O. The molecule has 0 heterocycles. The molecule has 6 heteroatoms. The molecule has 1 aromatic carbocycles. The average molecular weight is 262 g/mol. The van der Waals surface area contributed by atoms with Crippen LogP contribution in [0.5, 0.6) is 0 Å². The van der Waals surface area contributed by atoms with E-state index in [4.69, 9.17) is 15.3 Å². The minimum atomic E-state index is -1.52. The van der Waals surface area contributed by atoms with Gasteiger partial charge in [-0.15, -0.1) is 0 Å². The van der Waals surface area contributed by atoms with E-state index >= 15 is 0 Å². The molecule has 1 rings (SSSR count). The van der Waals surface area contributed by atoms with Gasteiger partial charge in [-0.2, -0.15) is 0 Å². The van der Waals surface area contributed by atoms with Crippen molar-refractivity contribution in [3.63, 3.8) is 0 Å².